The molecular weight excluding hydrogens is 242 g/mol. The summed E-state index contributed by atoms with van der Waals surface area (Å²) in [6.45, 7) is 0. The molecule has 1 spiro atoms. The smallest absolute Gasteiger partial charge is 0.236 e. The second-order valence-corrected chi connectivity index (χ2v) is 6.51. The minimum atomic E-state index is -0.521. The van der Waals surface area contributed by atoms with Gasteiger partial charge in [-0.15, -0.1) is 0 Å². The van der Waals surface area contributed by atoms with Gasteiger partial charge in [0.15, 0.2) is 0 Å². The molecular formula is C15H23NO3. The van der Waals surface area contributed by atoms with Crippen molar-refractivity contribution < 1.29 is 14.7 Å². The lowest BCUT2D eigenvalue weighted by Crippen LogP contribution is -2.47. The van der Waals surface area contributed by atoms with Gasteiger partial charge in [-0.1, -0.05) is 32.1 Å². The van der Waals surface area contributed by atoms with Crippen LogP contribution in [0.4, 0.5) is 0 Å². The lowest BCUT2D eigenvalue weighted by Gasteiger charge is -2.30. The van der Waals surface area contributed by atoms with Gasteiger partial charge in [-0.3, -0.25) is 14.5 Å². The van der Waals surface area contributed by atoms with Gasteiger partial charge < -0.3 is 5.11 Å². The molecule has 2 amide bonds. The summed E-state index contributed by atoms with van der Waals surface area (Å²) in [4.78, 5) is 26.4. The third-order valence-electron chi connectivity index (χ3n) is 5.27. The van der Waals surface area contributed by atoms with E-state index in [4.69, 9.17) is 0 Å². The van der Waals surface area contributed by atoms with Crippen LogP contribution in [-0.4, -0.2) is 34.0 Å². The predicted molar refractivity (Wildman–Crippen MR) is 70.3 cm³/mol. The van der Waals surface area contributed by atoms with Crippen molar-refractivity contribution in [2.45, 2.75) is 76.4 Å². The second kappa shape index (κ2) is 4.89. The Kier molecular flexibility index (Phi) is 3.37. The van der Waals surface area contributed by atoms with Crippen LogP contribution in [0.15, 0.2) is 0 Å². The molecule has 2 saturated carbocycles. The Labute approximate surface area is 114 Å². The Morgan fingerprint density at radius 3 is 2.42 bits per heavy atom. The lowest BCUT2D eigenvalue weighted by molar-refractivity contribution is -0.147. The molecule has 106 valence electrons. The average molecular weight is 265 g/mol. The first-order valence-corrected chi connectivity index (χ1v) is 7.69. The molecule has 0 radical (unpaired) electrons. The van der Waals surface area contributed by atoms with Crippen molar-refractivity contribution in [1.29, 1.82) is 0 Å². The van der Waals surface area contributed by atoms with Crippen LogP contribution in [0.1, 0.15) is 64.2 Å². The van der Waals surface area contributed by atoms with Crippen LogP contribution in [-0.2, 0) is 9.59 Å². The molecule has 1 aliphatic heterocycles. The largest absolute Gasteiger partial charge is 0.391 e. The number of hydrogen-bond acceptors (Lipinski definition) is 3. The van der Waals surface area contributed by atoms with Crippen molar-refractivity contribution in [3.8, 4) is 0 Å². The van der Waals surface area contributed by atoms with Gasteiger partial charge in [0.1, 0.15) is 0 Å². The van der Waals surface area contributed by atoms with E-state index in [1.54, 1.807) is 0 Å². The first kappa shape index (κ1) is 13.1. The zero-order valence-corrected chi connectivity index (χ0v) is 11.4. The van der Waals surface area contributed by atoms with Crippen molar-refractivity contribution in [2.75, 3.05) is 0 Å². The van der Waals surface area contributed by atoms with E-state index in [0.29, 0.717) is 12.8 Å². The van der Waals surface area contributed by atoms with Crippen LogP contribution in [0.25, 0.3) is 0 Å². The molecule has 3 rings (SSSR count). The van der Waals surface area contributed by atoms with E-state index in [0.717, 1.165) is 51.4 Å². The van der Waals surface area contributed by atoms with Gasteiger partial charge in [0.25, 0.3) is 0 Å². The summed E-state index contributed by atoms with van der Waals surface area (Å²) in [5, 5.41) is 10.2. The highest BCUT2D eigenvalue weighted by atomic mass is 16.3. The normalized spacial score (nSPS) is 35.1. The second-order valence-electron chi connectivity index (χ2n) is 6.51. The number of rotatable bonds is 1. The average Bonchev–Trinajstić information content (AvgIpc) is 2.86. The molecule has 0 aromatic rings. The first-order chi connectivity index (χ1) is 9.14. The highest BCUT2D eigenvalue weighted by Crippen LogP contribution is 2.48. The summed E-state index contributed by atoms with van der Waals surface area (Å²) in [5.74, 6) is -0.0289. The van der Waals surface area contributed by atoms with Gasteiger partial charge in [0.05, 0.1) is 17.6 Å². The fourth-order valence-corrected chi connectivity index (χ4v) is 4.17. The van der Waals surface area contributed by atoms with E-state index < -0.39 is 11.5 Å². The summed E-state index contributed by atoms with van der Waals surface area (Å²) in [6, 6.07) is -0.262. The standard InChI is InChI=1S/C15H23NO3/c17-12-7-3-1-2-6-11(12)16-13(18)10-15(14(16)19)8-4-5-9-15/h11-12,17H,1-10H2. The number of aliphatic hydroxyl groups is 1. The lowest BCUT2D eigenvalue weighted by atomic mass is 9.84. The minimum absolute atomic E-state index is 0.0148. The van der Waals surface area contributed by atoms with Gasteiger partial charge >= 0.3 is 0 Å². The zero-order valence-electron chi connectivity index (χ0n) is 11.4. The molecule has 19 heavy (non-hydrogen) atoms. The Hall–Kier alpha value is -0.900. The molecule has 0 aromatic carbocycles. The summed E-state index contributed by atoms with van der Waals surface area (Å²) < 4.78 is 0. The maximum Gasteiger partial charge on any atom is 0.236 e. The van der Waals surface area contributed by atoms with Gasteiger partial charge in [0, 0.05) is 6.42 Å². The van der Waals surface area contributed by atoms with Gasteiger partial charge in [-0.2, -0.15) is 0 Å². The molecule has 1 heterocycles. The maximum absolute atomic E-state index is 12.7. The highest BCUT2D eigenvalue weighted by molar-refractivity contribution is 6.06. The van der Waals surface area contributed by atoms with Crippen LogP contribution < -0.4 is 0 Å². The number of nitrogens with zero attached hydrogens (tertiary/aromatic N) is 1. The zero-order chi connectivity index (χ0) is 13.5. The molecule has 2 aliphatic carbocycles. The summed E-state index contributed by atoms with van der Waals surface area (Å²) >= 11 is 0. The molecule has 0 aromatic heterocycles. The molecule has 4 heteroatoms. The summed E-state index contributed by atoms with van der Waals surface area (Å²) in [5.41, 5.74) is -0.400. The van der Waals surface area contributed by atoms with Crippen molar-refractivity contribution in [1.82, 2.24) is 4.90 Å². The van der Waals surface area contributed by atoms with Gasteiger partial charge in [0.2, 0.25) is 11.8 Å². The van der Waals surface area contributed by atoms with Crippen molar-refractivity contribution >= 4 is 11.8 Å². The van der Waals surface area contributed by atoms with Crippen LogP contribution in [0.5, 0.6) is 0 Å². The fourth-order valence-electron chi connectivity index (χ4n) is 4.17. The maximum atomic E-state index is 12.7. The van der Waals surface area contributed by atoms with Crippen molar-refractivity contribution in [2.24, 2.45) is 5.41 Å². The Morgan fingerprint density at radius 1 is 1.00 bits per heavy atom. The van der Waals surface area contributed by atoms with Crippen LogP contribution in [0.3, 0.4) is 0 Å². The Balaban J connectivity index is 1.83. The molecule has 2 atom stereocenters. The number of carbonyl (C=O) groups excluding carboxylic acids is 2. The molecule has 1 N–H and O–H groups in total. The summed E-state index contributed by atoms with van der Waals surface area (Å²) in [7, 11) is 0. The number of likely N-dealkylation sites (tertiary alicyclic amines) is 1. The number of imide groups is 1. The predicted octanol–water partition coefficient (Wildman–Crippen LogP) is 2.00. The number of carbonyl (C=O) groups is 2. The number of aliphatic hydroxyl groups excluding tert-OH is 1. The molecule has 3 aliphatic rings. The topological polar surface area (TPSA) is 57.6 Å². The van der Waals surface area contributed by atoms with Gasteiger partial charge in [-0.25, -0.2) is 0 Å². The van der Waals surface area contributed by atoms with E-state index in [-0.39, 0.29) is 17.9 Å². The molecule has 3 fully saturated rings. The number of hydrogen-bond donors (Lipinski definition) is 1. The van der Waals surface area contributed by atoms with E-state index in [2.05, 4.69) is 0 Å². The molecule has 0 bridgehead atoms. The van der Waals surface area contributed by atoms with Crippen molar-refractivity contribution in [3.05, 3.63) is 0 Å². The highest BCUT2D eigenvalue weighted by Gasteiger charge is 2.55. The van der Waals surface area contributed by atoms with Crippen LogP contribution >= 0.6 is 0 Å². The SMILES string of the molecule is O=C1CC2(CCCC2)C(=O)N1C1CCCCCC1O. The minimum Gasteiger partial charge on any atom is -0.391 e. The van der Waals surface area contributed by atoms with Crippen molar-refractivity contribution in [3.63, 3.8) is 0 Å². The summed E-state index contributed by atoms with van der Waals surface area (Å²) in [6.07, 6.45) is 8.28. The fraction of sp³-hybridized carbons (Fsp3) is 0.867. The Bertz CT molecular complexity index is 387. The van der Waals surface area contributed by atoms with E-state index >= 15 is 0 Å². The van der Waals surface area contributed by atoms with E-state index in [1.165, 1.54) is 4.90 Å². The third-order valence-corrected chi connectivity index (χ3v) is 5.27. The number of amides is 2. The van der Waals surface area contributed by atoms with Gasteiger partial charge in [-0.05, 0) is 25.7 Å². The molecule has 4 nitrogen and oxygen atoms in total. The van der Waals surface area contributed by atoms with Crippen LogP contribution in [0, 0.1) is 5.41 Å². The monoisotopic (exact) mass is 265 g/mol. The molecule has 1 saturated heterocycles. The first-order valence-electron chi connectivity index (χ1n) is 7.69. The Morgan fingerprint density at radius 2 is 1.68 bits per heavy atom. The van der Waals surface area contributed by atoms with E-state index in [9.17, 15) is 14.7 Å². The van der Waals surface area contributed by atoms with Crippen LogP contribution in [0.2, 0.25) is 0 Å². The van der Waals surface area contributed by atoms with E-state index in [1.807, 2.05) is 0 Å². The third kappa shape index (κ3) is 2.10. The quantitative estimate of drug-likeness (QED) is 0.583. The molecule has 2 unspecified atom stereocenters.